The summed E-state index contributed by atoms with van der Waals surface area (Å²) in [7, 11) is 0. The zero-order valence-electron chi connectivity index (χ0n) is 11.5. The minimum Gasteiger partial charge on any atom is -0.490 e. The number of ether oxygens (including phenoxy) is 2. The van der Waals surface area contributed by atoms with Crippen molar-refractivity contribution in [2.45, 2.75) is 13.8 Å². The zero-order chi connectivity index (χ0) is 13.9. The van der Waals surface area contributed by atoms with Crippen molar-refractivity contribution in [1.82, 2.24) is 0 Å². The van der Waals surface area contributed by atoms with Crippen LogP contribution in [0.15, 0.2) is 54.6 Å². The smallest absolute Gasteiger partial charge is 0.122 e. The highest BCUT2D eigenvalue weighted by Gasteiger charge is 1.94. The van der Waals surface area contributed by atoms with Crippen LogP contribution in [-0.2, 0) is 0 Å². The molecule has 2 aromatic carbocycles. The van der Waals surface area contributed by atoms with Crippen LogP contribution in [0, 0.1) is 0 Å². The fourth-order valence-electron chi connectivity index (χ4n) is 1.40. The molecule has 0 bridgehead atoms. The second-order valence-corrected chi connectivity index (χ2v) is 3.58. The van der Waals surface area contributed by atoms with Gasteiger partial charge in [-0.1, -0.05) is 32.0 Å². The van der Waals surface area contributed by atoms with Gasteiger partial charge >= 0.3 is 0 Å². The molecule has 0 aliphatic rings. The first-order valence-corrected chi connectivity index (χ1v) is 6.51. The summed E-state index contributed by atoms with van der Waals surface area (Å²) in [5.41, 5.74) is 6.31. The fourth-order valence-corrected chi connectivity index (χ4v) is 1.40. The molecule has 0 radical (unpaired) electrons. The highest BCUT2D eigenvalue weighted by molar-refractivity contribution is 5.41. The quantitative estimate of drug-likeness (QED) is 0.653. The summed E-state index contributed by atoms with van der Waals surface area (Å²) >= 11 is 0. The molecule has 0 aliphatic carbocycles. The van der Waals surface area contributed by atoms with Gasteiger partial charge in [0.1, 0.15) is 24.7 Å². The van der Waals surface area contributed by atoms with E-state index in [1.807, 2.05) is 68.4 Å². The Morgan fingerprint density at radius 2 is 1.26 bits per heavy atom. The third-order valence-electron chi connectivity index (χ3n) is 2.24. The second kappa shape index (κ2) is 8.86. The standard InChI is InChI=1S/C14H15NO2.C2H6.H2/c15-12-6-8-14(9-7-12)17-11-10-16-13-4-2-1-3-5-13;1-2;/h1-9H,10-11,15H2;1-2H3;1H. The van der Waals surface area contributed by atoms with Gasteiger partial charge in [0.25, 0.3) is 0 Å². The van der Waals surface area contributed by atoms with Gasteiger partial charge in [0.2, 0.25) is 0 Å². The Balaban J connectivity index is 0.00000115. The molecule has 0 spiro atoms. The molecule has 0 unspecified atom stereocenters. The Kier molecular flexibility index (Phi) is 6.95. The van der Waals surface area contributed by atoms with Crippen molar-refractivity contribution in [3.8, 4) is 11.5 Å². The zero-order valence-corrected chi connectivity index (χ0v) is 11.5. The SMILES string of the molecule is CC.Nc1ccc(OCCOc2ccccc2)cc1.[HH]. The molecule has 0 fully saturated rings. The second-order valence-electron chi connectivity index (χ2n) is 3.58. The number of rotatable bonds is 5. The van der Waals surface area contributed by atoms with Crippen molar-refractivity contribution in [1.29, 1.82) is 0 Å². The third kappa shape index (κ3) is 5.82. The predicted molar refractivity (Wildman–Crippen MR) is 81.7 cm³/mol. The van der Waals surface area contributed by atoms with Gasteiger partial charge in [0, 0.05) is 7.11 Å². The molecule has 0 amide bonds. The van der Waals surface area contributed by atoms with Crippen LogP contribution in [0.25, 0.3) is 0 Å². The number of benzene rings is 2. The maximum atomic E-state index is 5.58. The lowest BCUT2D eigenvalue weighted by atomic mass is 10.3. The third-order valence-corrected chi connectivity index (χ3v) is 2.24. The van der Waals surface area contributed by atoms with Crippen LogP contribution in [0.1, 0.15) is 15.3 Å². The average Bonchev–Trinajstić information content (AvgIpc) is 2.49. The first-order chi connectivity index (χ1) is 9.34. The number of nitrogens with two attached hydrogens (primary N) is 1. The lowest BCUT2D eigenvalue weighted by molar-refractivity contribution is 0.217. The Morgan fingerprint density at radius 3 is 1.79 bits per heavy atom. The number of hydrogen-bond donors (Lipinski definition) is 1. The normalized spacial score (nSPS) is 9.16. The molecular formula is C16H23NO2. The maximum absolute atomic E-state index is 5.58. The van der Waals surface area contributed by atoms with E-state index in [9.17, 15) is 0 Å². The van der Waals surface area contributed by atoms with Crippen LogP contribution in [-0.4, -0.2) is 13.2 Å². The molecule has 3 heteroatoms. The minimum absolute atomic E-state index is 0. The van der Waals surface area contributed by atoms with Gasteiger partial charge in [-0.15, -0.1) is 0 Å². The van der Waals surface area contributed by atoms with Crippen molar-refractivity contribution in [3.63, 3.8) is 0 Å². The summed E-state index contributed by atoms with van der Waals surface area (Å²) < 4.78 is 11.0. The van der Waals surface area contributed by atoms with Gasteiger partial charge in [-0.25, -0.2) is 0 Å². The number of anilines is 1. The van der Waals surface area contributed by atoms with E-state index in [1.165, 1.54) is 0 Å². The Bertz CT molecular complexity index is 446. The summed E-state index contributed by atoms with van der Waals surface area (Å²) in [4.78, 5) is 0. The van der Waals surface area contributed by atoms with E-state index in [2.05, 4.69) is 0 Å². The van der Waals surface area contributed by atoms with Crippen LogP contribution in [0.5, 0.6) is 11.5 Å². The van der Waals surface area contributed by atoms with E-state index in [0.717, 1.165) is 17.2 Å². The Labute approximate surface area is 116 Å². The number of para-hydroxylation sites is 1. The topological polar surface area (TPSA) is 44.5 Å². The van der Waals surface area contributed by atoms with Crippen LogP contribution in [0.2, 0.25) is 0 Å². The summed E-state index contributed by atoms with van der Waals surface area (Å²) in [6, 6.07) is 17.0. The lowest BCUT2D eigenvalue weighted by Crippen LogP contribution is -2.08. The van der Waals surface area contributed by atoms with Gasteiger partial charge in [0.05, 0.1) is 0 Å². The van der Waals surface area contributed by atoms with Gasteiger partial charge in [-0.05, 0) is 36.4 Å². The van der Waals surface area contributed by atoms with Crippen LogP contribution in [0.4, 0.5) is 5.69 Å². The molecule has 0 saturated heterocycles. The highest BCUT2D eigenvalue weighted by Crippen LogP contribution is 2.13. The van der Waals surface area contributed by atoms with Crippen LogP contribution >= 0.6 is 0 Å². The van der Waals surface area contributed by atoms with E-state index in [-0.39, 0.29) is 1.43 Å². The molecule has 0 aliphatic heterocycles. The highest BCUT2D eigenvalue weighted by atomic mass is 16.5. The van der Waals surface area contributed by atoms with Gasteiger partial charge in [0.15, 0.2) is 0 Å². The lowest BCUT2D eigenvalue weighted by Gasteiger charge is -2.08. The van der Waals surface area contributed by atoms with Crippen LogP contribution in [0.3, 0.4) is 0 Å². The van der Waals surface area contributed by atoms with E-state index >= 15 is 0 Å². The van der Waals surface area contributed by atoms with E-state index in [0.29, 0.717) is 13.2 Å². The maximum Gasteiger partial charge on any atom is 0.122 e. The first kappa shape index (κ1) is 14.9. The monoisotopic (exact) mass is 261 g/mol. The number of hydrogen-bond acceptors (Lipinski definition) is 3. The van der Waals surface area contributed by atoms with Gasteiger partial charge in [-0.3, -0.25) is 0 Å². The molecule has 0 saturated carbocycles. The number of nitrogen functional groups attached to an aromatic ring is 1. The largest absolute Gasteiger partial charge is 0.490 e. The van der Waals surface area contributed by atoms with Crippen molar-refractivity contribution in [3.05, 3.63) is 54.6 Å². The predicted octanol–water partition coefficient (Wildman–Crippen LogP) is 4.00. The summed E-state index contributed by atoms with van der Waals surface area (Å²) in [5.74, 6) is 1.66. The summed E-state index contributed by atoms with van der Waals surface area (Å²) in [6.45, 7) is 5.03. The fraction of sp³-hybridized carbons (Fsp3) is 0.250. The molecule has 0 aromatic heterocycles. The van der Waals surface area contributed by atoms with Gasteiger partial charge < -0.3 is 15.2 Å². The molecule has 0 heterocycles. The molecule has 2 aromatic rings. The van der Waals surface area contributed by atoms with Crippen molar-refractivity contribution < 1.29 is 10.9 Å². The van der Waals surface area contributed by atoms with Crippen molar-refractivity contribution >= 4 is 5.69 Å². The Hall–Kier alpha value is -2.16. The molecule has 3 nitrogen and oxygen atoms in total. The van der Waals surface area contributed by atoms with Gasteiger partial charge in [-0.2, -0.15) is 0 Å². The molecule has 19 heavy (non-hydrogen) atoms. The molecule has 2 rings (SSSR count). The van der Waals surface area contributed by atoms with E-state index < -0.39 is 0 Å². The molecule has 104 valence electrons. The Morgan fingerprint density at radius 1 is 0.789 bits per heavy atom. The molecular weight excluding hydrogens is 238 g/mol. The van der Waals surface area contributed by atoms with E-state index in [1.54, 1.807) is 0 Å². The average molecular weight is 261 g/mol. The molecule has 0 atom stereocenters. The van der Waals surface area contributed by atoms with E-state index in [4.69, 9.17) is 15.2 Å². The van der Waals surface area contributed by atoms with Crippen LogP contribution < -0.4 is 15.2 Å². The summed E-state index contributed by atoms with van der Waals surface area (Å²) in [5, 5.41) is 0. The summed E-state index contributed by atoms with van der Waals surface area (Å²) in [6.07, 6.45) is 0. The molecule has 2 N–H and O–H groups in total. The first-order valence-electron chi connectivity index (χ1n) is 6.51. The van der Waals surface area contributed by atoms with Crippen molar-refractivity contribution in [2.75, 3.05) is 18.9 Å². The minimum atomic E-state index is 0. The van der Waals surface area contributed by atoms with Crippen molar-refractivity contribution in [2.24, 2.45) is 0 Å².